The molecule has 0 N–H and O–H groups in total. The number of fused-ring (bicyclic) bond motifs is 1. The van der Waals surface area contributed by atoms with Gasteiger partial charge < -0.3 is 9.47 Å². The number of carbonyl (C=O) groups is 2. The van der Waals surface area contributed by atoms with Crippen molar-refractivity contribution in [2.45, 2.75) is 39.5 Å². The number of esters is 2. The van der Waals surface area contributed by atoms with Crippen molar-refractivity contribution >= 4 is 23.2 Å². The van der Waals surface area contributed by atoms with Gasteiger partial charge in [0, 0.05) is 29.1 Å². The third-order valence-corrected chi connectivity index (χ3v) is 5.15. The minimum atomic E-state index is -0.728. The number of pyridine rings is 1. The summed E-state index contributed by atoms with van der Waals surface area (Å²) in [6, 6.07) is 5.74. The summed E-state index contributed by atoms with van der Waals surface area (Å²) in [6.07, 6.45) is 1.86. The second kappa shape index (κ2) is 7.58. The topological polar surface area (TPSA) is 82.3 Å². The van der Waals surface area contributed by atoms with Crippen LogP contribution in [0.25, 0.3) is 5.52 Å². The van der Waals surface area contributed by atoms with Crippen LogP contribution < -0.4 is 0 Å². The number of carbonyl (C=O) groups excluding carboxylic acids is 2. The van der Waals surface area contributed by atoms with Crippen molar-refractivity contribution in [3.05, 3.63) is 46.9 Å². The van der Waals surface area contributed by atoms with Crippen molar-refractivity contribution in [3.63, 3.8) is 0 Å². The van der Waals surface area contributed by atoms with Crippen LogP contribution in [0.3, 0.4) is 0 Å². The highest BCUT2D eigenvalue weighted by atomic mass is 16.5. The first-order valence-electron chi connectivity index (χ1n) is 9.21. The highest BCUT2D eigenvalue weighted by Gasteiger charge is 2.44. The predicted molar refractivity (Wildman–Crippen MR) is 105 cm³/mol. The maximum atomic E-state index is 12.8. The lowest BCUT2D eigenvalue weighted by atomic mass is 9.74. The zero-order valence-electron chi connectivity index (χ0n) is 17.0. The molecule has 0 fully saturated rings. The standard InChI is InChI=1S/C21H25N3O4/c1-11(2)19-17(14-9-7-8-10-24(14)23-19)18-15(20(25)27-5)12(3)22-13(4)16(18)21(26)28-6/h7-11,15,18H,1-6H3. The van der Waals surface area contributed by atoms with Gasteiger partial charge in [0.05, 0.1) is 31.0 Å². The van der Waals surface area contributed by atoms with Gasteiger partial charge in [-0.3, -0.25) is 9.79 Å². The van der Waals surface area contributed by atoms with Gasteiger partial charge in [-0.2, -0.15) is 5.10 Å². The Hall–Kier alpha value is -2.96. The molecule has 3 heterocycles. The lowest BCUT2D eigenvalue weighted by molar-refractivity contribution is -0.143. The molecule has 0 saturated carbocycles. The monoisotopic (exact) mass is 383 g/mol. The number of hydrogen-bond donors (Lipinski definition) is 0. The molecule has 148 valence electrons. The Morgan fingerprint density at radius 3 is 2.46 bits per heavy atom. The van der Waals surface area contributed by atoms with Crippen molar-refractivity contribution in [2.24, 2.45) is 10.9 Å². The van der Waals surface area contributed by atoms with Gasteiger partial charge in [-0.1, -0.05) is 19.9 Å². The van der Waals surface area contributed by atoms with E-state index in [0.29, 0.717) is 17.0 Å². The number of ether oxygens (including phenoxy) is 2. The van der Waals surface area contributed by atoms with Crippen molar-refractivity contribution < 1.29 is 19.1 Å². The normalized spacial score (nSPS) is 19.8. The minimum Gasteiger partial charge on any atom is -0.468 e. The fourth-order valence-electron chi connectivity index (χ4n) is 3.94. The van der Waals surface area contributed by atoms with E-state index in [2.05, 4.69) is 4.99 Å². The predicted octanol–water partition coefficient (Wildman–Crippen LogP) is 3.25. The average molecular weight is 383 g/mol. The summed E-state index contributed by atoms with van der Waals surface area (Å²) in [5.74, 6) is -2.17. The molecule has 2 unspecified atom stereocenters. The maximum absolute atomic E-state index is 12.8. The second-order valence-corrected chi connectivity index (χ2v) is 7.21. The van der Waals surface area contributed by atoms with Crippen molar-refractivity contribution in [3.8, 4) is 0 Å². The van der Waals surface area contributed by atoms with Crippen LogP contribution >= 0.6 is 0 Å². The molecule has 1 aliphatic rings. The molecule has 7 nitrogen and oxygen atoms in total. The zero-order chi connectivity index (χ0) is 20.6. The molecule has 2 atom stereocenters. The molecular weight excluding hydrogens is 358 g/mol. The third-order valence-electron chi connectivity index (χ3n) is 5.15. The van der Waals surface area contributed by atoms with Crippen LogP contribution in [0.1, 0.15) is 50.8 Å². The Kier molecular flexibility index (Phi) is 5.36. The first-order valence-corrected chi connectivity index (χ1v) is 9.21. The average Bonchev–Trinajstić information content (AvgIpc) is 3.06. The number of aromatic nitrogens is 2. The fraction of sp³-hybridized carbons (Fsp3) is 0.429. The molecule has 2 aromatic rings. The van der Waals surface area contributed by atoms with Gasteiger partial charge in [0.25, 0.3) is 0 Å². The Morgan fingerprint density at radius 2 is 1.86 bits per heavy atom. The van der Waals surface area contributed by atoms with E-state index < -0.39 is 23.8 Å². The maximum Gasteiger partial charge on any atom is 0.336 e. The van der Waals surface area contributed by atoms with Crippen molar-refractivity contribution in [2.75, 3.05) is 14.2 Å². The fourth-order valence-corrected chi connectivity index (χ4v) is 3.94. The molecule has 0 saturated heterocycles. The molecule has 0 bridgehead atoms. The number of nitrogens with zero attached hydrogens (tertiary/aromatic N) is 3. The van der Waals surface area contributed by atoms with Crippen LogP contribution in [0.4, 0.5) is 0 Å². The van der Waals surface area contributed by atoms with E-state index in [1.54, 1.807) is 18.4 Å². The summed E-state index contributed by atoms with van der Waals surface area (Å²) in [4.78, 5) is 30.0. The SMILES string of the molecule is COC(=O)C1=C(C)N=C(C)C(C(=O)OC)C1c1c(C(C)C)nn2ccccc12. The van der Waals surface area contributed by atoms with E-state index >= 15 is 0 Å². The van der Waals surface area contributed by atoms with E-state index in [1.807, 2.05) is 38.2 Å². The summed E-state index contributed by atoms with van der Waals surface area (Å²) in [7, 11) is 2.67. The summed E-state index contributed by atoms with van der Waals surface area (Å²) in [5.41, 5.74) is 4.01. The van der Waals surface area contributed by atoms with Crippen LogP contribution in [0.15, 0.2) is 40.7 Å². The van der Waals surface area contributed by atoms with Crippen molar-refractivity contribution in [1.82, 2.24) is 9.61 Å². The van der Waals surface area contributed by atoms with Gasteiger partial charge >= 0.3 is 11.9 Å². The number of allylic oxidation sites excluding steroid dienone is 1. The first kappa shape index (κ1) is 19.8. The van der Waals surface area contributed by atoms with Gasteiger partial charge in [-0.05, 0) is 31.9 Å². The quantitative estimate of drug-likeness (QED) is 0.757. The van der Waals surface area contributed by atoms with Gasteiger partial charge in [-0.15, -0.1) is 0 Å². The smallest absolute Gasteiger partial charge is 0.336 e. The van der Waals surface area contributed by atoms with Crippen LogP contribution in [0.2, 0.25) is 0 Å². The van der Waals surface area contributed by atoms with E-state index in [9.17, 15) is 9.59 Å². The van der Waals surface area contributed by atoms with E-state index in [0.717, 1.165) is 16.8 Å². The molecule has 2 aromatic heterocycles. The first-order chi connectivity index (χ1) is 13.3. The molecule has 28 heavy (non-hydrogen) atoms. The van der Waals surface area contributed by atoms with Gasteiger partial charge in [0.2, 0.25) is 0 Å². The minimum absolute atomic E-state index is 0.0894. The lowest BCUT2D eigenvalue weighted by Gasteiger charge is -2.31. The van der Waals surface area contributed by atoms with Crippen LogP contribution in [0, 0.1) is 5.92 Å². The molecule has 1 aliphatic heterocycles. The Bertz CT molecular complexity index is 1000. The highest BCUT2D eigenvalue weighted by Crippen LogP contribution is 2.44. The molecule has 0 spiro atoms. The van der Waals surface area contributed by atoms with E-state index in [1.165, 1.54) is 14.2 Å². The molecule has 0 aromatic carbocycles. The number of rotatable bonds is 4. The van der Waals surface area contributed by atoms with Crippen LogP contribution in [-0.2, 0) is 19.1 Å². The number of methoxy groups -OCH3 is 2. The number of hydrogen-bond acceptors (Lipinski definition) is 6. The van der Waals surface area contributed by atoms with Crippen molar-refractivity contribution in [1.29, 1.82) is 0 Å². The highest BCUT2D eigenvalue weighted by molar-refractivity contribution is 6.07. The molecule has 0 amide bonds. The zero-order valence-corrected chi connectivity index (χ0v) is 17.0. The van der Waals surface area contributed by atoms with Gasteiger partial charge in [0.1, 0.15) is 5.92 Å². The summed E-state index contributed by atoms with van der Waals surface area (Å²) >= 11 is 0. The Labute approximate surface area is 164 Å². The number of aliphatic imine (C=N–C) groups is 1. The summed E-state index contributed by atoms with van der Waals surface area (Å²) < 4.78 is 11.9. The van der Waals surface area contributed by atoms with Gasteiger partial charge in [0.15, 0.2) is 0 Å². The molecule has 3 rings (SSSR count). The second-order valence-electron chi connectivity index (χ2n) is 7.21. The largest absolute Gasteiger partial charge is 0.468 e. The van der Waals surface area contributed by atoms with Crippen LogP contribution in [-0.4, -0.2) is 41.5 Å². The molecule has 0 radical (unpaired) electrons. The van der Waals surface area contributed by atoms with Crippen LogP contribution in [0.5, 0.6) is 0 Å². The molecule has 7 heteroatoms. The Morgan fingerprint density at radius 1 is 1.14 bits per heavy atom. The third kappa shape index (κ3) is 3.10. The molecular formula is C21H25N3O4. The van der Waals surface area contributed by atoms with E-state index in [4.69, 9.17) is 14.6 Å². The lowest BCUT2D eigenvalue weighted by Crippen LogP contribution is -2.36. The summed E-state index contributed by atoms with van der Waals surface area (Å²) in [5, 5.41) is 4.73. The van der Waals surface area contributed by atoms with Gasteiger partial charge in [-0.25, -0.2) is 9.31 Å². The Balaban J connectivity index is 2.39. The summed E-state index contributed by atoms with van der Waals surface area (Å²) in [6.45, 7) is 7.62. The van der Waals surface area contributed by atoms with E-state index in [-0.39, 0.29) is 5.92 Å². The molecule has 0 aliphatic carbocycles.